The molecular weight excluding hydrogens is 300 g/mol. The molecule has 0 aromatic heterocycles. The number of nitro groups is 1. The van der Waals surface area contributed by atoms with Crippen molar-refractivity contribution in [2.24, 2.45) is 10.3 Å². The molecule has 2 rings (SSSR count). The fourth-order valence-corrected chi connectivity index (χ4v) is 1.74. The average molecular weight is 312 g/mol. The minimum atomic E-state index is -0.551. The van der Waals surface area contributed by atoms with Crippen molar-refractivity contribution in [3.63, 3.8) is 0 Å². The monoisotopic (exact) mass is 312 g/mol. The van der Waals surface area contributed by atoms with Gasteiger partial charge in [0.15, 0.2) is 0 Å². The van der Waals surface area contributed by atoms with Crippen LogP contribution in [0.2, 0.25) is 0 Å². The molecule has 0 aliphatic carbocycles. The Morgan fingerprint density at radius 1 is 1.09 bits per heavy atom. The van der Waals surface area contributed by atoms with Crippen LogP contribution in [0.1, 0.15) is 15.9 Å². The molecule has 0 aliphatic heterocycles. The number of carbonyl (C=O) groups excluding carboxylic acids is 1. The molecular formula is C15H12N4O4. The summed E-state index contributed by atoms with van der Waals surface area (Å²) in [5.74, 6) is -0.542. The van der Waals surface area contributed by atoms with Gasteiger partial charge >= 0.3 is 0 Å². The van der Waals surface area contributed by atoms with E-state index in [-0.39, 0.29) is 17.0 Å². The van der Waals surface area contributed by atoms with E-state index in [4.69, 9.17) is 5.21 Å². The summed E-state index contributed by atoms with van der Waals surface area (Å²) in [7, 11) is 0. The van der Waals surface area contributed by atoms with Crippen LogP contribution in [0, 0.1) is 10.1 Å². The number of hydrazone groups is 1. The summed E-state index contributed by atoms with van der Waals surface area (Å²) >= 11 is 0. The Labute approximate surface area is 130 Å². The third-order valence-corrected chi connectivity index (χ3v) is 2.87. The van der Waals surface area contributed by atoms with Crippen molar-refractivity contribution >= 4 is 23.5 Å². The third-order valence-electron chi connectivity index (χ3n) is 2.87. The highest BCUT2D eigenvalue weighted by molar-refractivity contribution is 6.38. The standard InChI is InChI=1S/C15H12N4O4/c20-15(12-6-8-13(9-7-12)19(22)23)18-17-14(10-16-21)11-4-2-1-3-5-11/h1-10,21H,(H,18,20)/b16-10+,17-14+. The smallest absolute Gasteiger partial charge is 0.271 e. The average Bonchev–Trinajstić information content (AvgIpc) is 2.59. The van der Waals surface area contributed by atoms with Crippen LogP contribution in [-0.4, -0.2) is 28.0 Å². The van der Waals surface area contributed by atoms with Crippen molar-refractivity contribution in [2.75, 3.05) is 0 Å². The number of oxime groups is 1. The molecule has 0 fully saturated rings. The molecule has 0 bridgehead atoms. The molecule has 1 amide bonds. The van der Waals surface area contributed by atoms with Crippen LogP contribution in [0.15, 0.2) is 64.9 Å². The lowest BCUT2D eigenvalue weighted by Crippen LogP contribution is -2.20. The zero-order valence-corrected chi connectivity index (χ0v) is 11.8. The first kappa shape index (κ1) is 15.8. The number of nitrogens with zero attached hydrogens (tertiary/aromatic N) is 3. The number of nitrogens with one attached hydrogen (secondary N) is 1. The molecule has 23 heavy (non-hydrogen) atoms. The second kappa shape index (κ2) is 7.46. The van der Waals surface area contributed by atoms with Crippen molar-refractivity contribution in [1.82, 2.24) is 5.43 Å². The maximum Gasteiger partial charge on any atom is 0.271 e. The van der Waals surface area contributed by atoms with Crippen molar-refractivity contribution < 1.29 is 14.9 Å². The number of non-ortho nitro benzene ring substituents is 1. The second-order valence-corrected chi connectivity index (χ2v) is 4.35. The third kappa shape index (κ3) is 4.21. The molecule has 2 aromatic carbocycles. The Morgan fingerprint density at radius 3 is 2.30 bits per heavy atom. The fraction of sp³-hybridized carbons (Fsp3) is 0. The van der Waals surface area contributed by atoms with E-state index in [2.05, 4.69) is 15.7 Å². The molecule has 8 heteroatoms. The van der Waals surface area contributed by atoms with Crippen LogP contribution in [0.3, 0.4) is 0 Å². The van der Waals surface area contributed by atoms with Crippen LogP contribution in [0.5, 0.6) is 0 Å². The summed E-state index contributed by atoms with van der Waals surface area (Å²) in [6.45, 7) is 0. The lowest BCUT2D eigenvalue weighted by Gasteiger charge is -2.03. The van der Waals surface area contributed by atoms with Gasteiger partial charge in [0.1, 0.15) is 5.71 Å². The van der Waals surface area contributed by atoms with Crippen LogP contribution < -0.4 is 5.43 Å². The Bertz CT molecular complexity index is 755. The summed E-state index contributed by atoms with van der Waals surface area (Å²) in [6.07, 6.45) is 1.09. The summed E-state index contributed by atoms with van der Waals surface area (Å²) in [5, 5.41) is 26.0. The maximum absolute atomic E-state index is 12.0. The molecule has 116 valence electrons. The molecule has 0 heterocycles. The fourth-order valence-electron chi connectivity index (χ4n) is 1.74. The van der Waals surface area contributed by atoms with Crippen LogP contribution >= 0.6 is 0 Å². The number of benzene rings is 2. The van der Waals surface area contributed by atoms with Gasteiger partial charge in [-0.05, 0) is 12.1 Å². The molecule has 0 saturated carbocycles. The first-order valence-corrected chi connectivity index (χ1v) is 6.47. The van der Waals surface area contributed by atoms with E-state index >= 15 is 0 Å². The first-order valence-electron chi connectivity index (χ1n) is 6.47. The van der Waals surface area contributed by atoms with Gasteiger partial charge in [-0.2, -0.15) is 5.10 Å². The minimum Gasteiger partial charge on any atom is -0.411 e. The van der Waals surface area contributed by atoms with E-state index in [1.807, 2.05) is 6.07 Å². The van der Waals surface area contributed by atoms with Gasteiger partial charge in [-0.1, -0.05) is 35.5 Å². The molecule has 0 unspecified atom stereocenters. The van der Waals surface area contributed by atoms with Crippen LogP contribution in [0.4, 0.5) is 5.69 Å². The van der Waals surface area contributed by atoms with Crippen molar-refractivity contribution in [3.8, 4) is 0 Å². The Morgan fingerprint density at radius 2 is 1.74 bits per heavy atom. The molecule has 2 aromatic rings. The van der Waals surface area contributed by atoms with E-state index in [1.165, 1.54) is 24.3 Å². The lowest BCUT2D eigenvalue weighted by molar-refractivity contribution is -0.384. The van der Waals surface area contributed by atoms with Gasteiger partial charge in [0, 0.05) is 23.3 Å². The number of amides is 1. The Hall–Kier alpha value is -3.55. The van der Waals surface area contributed by atoms with Gasteiger partial charge in [0.25, 0.3) is 11.6 Å². The summed E-state index contributed by atoms with van der Waals surface area (Å²) in [5.41, 5.74) is 3.32. The highest BCUT2D eigenvalue weighted by Crippen LogP contribution is 2.11. The van der Waals surface area contributed by atoms with E-state index in [9.17, 15) is 14.9 Å². The minimum absolute atomic E-state index is 0.109. The van der Waals surface area contributed by atoms with Crippen LogP contribution in [-0.2, 0) is 0 Å². The zero-order chi connectivity index (χ0) is 16.7. The molecule has 8 nitrogen and oxygen atoms in total. The predicted molar refractivity (Wildman–Crippen MR) is 83.8 cm³/mol. The Kier molecular flexibility index (Phi) is 5.13. The lowest BCUT2D eigenvalue weighted by atomic mass is 10.1. The number of rotatable bonds is 5. The van der Waals surface area contributed by atoms with Crippen LogP contribution in [0.25, 0.3) is 0 Å². The van der Waals surface area contributed by atoms with Gasteiger partial charge in [-0.3, -0.25) is 14.9 Å². The van der Waals surface area contributed by atoms with Gasteiger partial charge in [0.05, 0.1) is 11.1 Å². The number of hydrogen-bond acceptors (Lipinski definition) is 6. The highest BCUT2D eigenvalue weighted by Gasteiger charge is 2.09. The quantitative estimate of drug-likeness (QED) is 0.381. The van der Waals surface area contributed by atoms with Crippen molar-refractivity contribution in [1.29, 1.82) is 0 Å². The normalized spacial score (nSPS) is 11.4. The maximum atomic E-state index is 12.0. The first-order chi connectivity index (χ1) is 11.1. The molecule has 0 aliphatic rings. The predicted octanol–water partition coefficient (Wildman–Crippen LogP) is 2.19. The summed E-state index contributed by atoms with van der Waals surface area (Å²) < 4.78 is 0. The summed E-state index contributed by atoms with van der Waals surface area (Å²) in [4.78, 5) is 22.0. The number of nitro benzene ring substituents is 1. The molecule has 0 saturated heterocycles. The van der Waals surface area contributed by atoms with Gasteiger partial charge in [0.2, 0.25) is 0 Å². The second-order valence-electron chi connectivity index (χ2n) is 4.35. The van der Waals surface area contributed by atoms with E-state index in [0.29, 0.717) is 5.56 Å². The zero-order valence-electron chi connectivity index (χ0n) is 11.8. The molecule has 0 radical (unpaired) electrons. The number of hydrogen-bond donors (Lipinski definition) is 2. The van der Waals surface area contributed by atoms with Gasteiger partial charge < -0.3 is 5.21 Å². The molecule has 0 spiro atoms. The summed E-state index contributed by atoms with van der Waals surface area (Å²) in [6, 6.07) is 13.9. The topological polar surface area (TPSA) is 117 Å². The Balaban J connectivity index is 2.16. The molecule has 2 N–H and O–H groups in total. The van der Waals surface area contributed by atoms with E-state index < -0.39 is 10.8 Å². The highest BCUT2D eigenvalue weighted by atomic mass is 16.6. The van der Waals surface area contributed by atoms with Crippen molar-refractivity contribution in [3.05, 3.63) is 75.8 Å². The van der Waals surface area contributed by atoms with E-state index in [0.717, 1.165) is 6.21 Å². The van der Waals surface area contributed by atoms with Gasteiger partial charge in [-0.15, -0.1) is 0 Å². The number of carbonyl (C=O) groups is 1. The van der Waals surface area contributed by atoms with E-state index in [1.54, 1.807) is 24.3 Å². The SMILES string of the molecule is O=C(N/N=C(\C=N\O)c1ccccc1)c1ccc([N+](=O)[O-])cc1. The van der Waals surface area contributed by atoms with Crippen molar-refractivity contribution in [2.45, 2.75) is 0 Å². The largest absolute Gasteiger partial charge is 0.411 e. The van der Waals surface area contributed by atoms with Gasteiger partial charge in [-0.25, -0.2) is 5.43 Å². The molecule has 0 atom stereocenters.